The summed E-state index contributed by atoms with van der Waals surface area (Å²) in [6.07, 6.45) is 8.30. The maximum absolute atomic E-state index is 11.9. The van der Waals surface area contributed by atoms with Crippen molar-refractivity contribution in [3.63, 3.8) is 0 Å². The number of halogens is 1. The number of pyridine rings is 1. The van der Waals surface area contributed by atoms with Crippen molar-refractivity contribution in [3.8, 4) is 0 Å². The Morgan fingerprint density at radius 1 is 1.37 bits per heavy atom. The van der Waals surface area contributed by atoms with Crippen LogP contribution in [0.2, 0.25) is 5.02 Å². The molecular weight excluding hydrogens is 280 g/mol. The maximum Gasteiger partial charge on any atom is 0.254 e. The highest BCUT2D eigenvalue weighted by atomic mass is 35.5. The molecule has 19 heavy (non-hydrogen) atoms. The molecule has 0 radical (unpaired) electrons. The minimum atomic E-state index is -0.137. The maximum atomic E-state index is 11.9. The number of carbonyl (C=O) groups excluding carboxylic acids is 1. The fourth-order valence-electron chi connectivity index (χ4n) is 1.72. The van der Waals surface area contributed by atoms with Gasteiger partial charge in [-0.2, -0.15) is 11.8 Å². The van der Waals surface area contributed by atoms with Crippen LogP contribution in [0.3, 0.4) is 0 Å². The molecule has 0 aliphatic carbocycles. The molecule has 5 heteroatoms. The van der Waals surface area contributed by atoms with Gasteiger partial charge in [-0.1, -0.05) is 24.4 Å². The van der Waals surface area contributed by atoms with E-state index >= 15 is 0 Å². The zero-order valence-electron chi connectivity index (χ0n) is 11.5. The molecule has 106 valence electrons. The normalized spacial score (nSPS) is 10.5. The van der Waals surface area contributed by atoms with Crippen molar-refractivity contribution in [1.29, 1.82) is 0 Å². The van der Waals surface area contributed by atoms with Gasteiger partial charge >= 0.3 is 0 Å². The molecule has 0 saturated carbocycles. The van der Waals surface area contributed by atoms with Gasteiger partial charge in [0.1, 0.15) is 0 Å². The highest BCUT2D eigenvalue weighted by Crippen LogP contribution is 2.15. The first kappa shape index (κ1) is 16.3. The molecule has 0 bridgehead atoms. The van der Waals surface area contributed by atoms with Gasteiger partial charge in [0.25, 0.3) is 5.91 Å². The SMILES string of the molecule is CSCCCCCCNC(=O)c1cnc(C)cc1Cl. The van der Waals surface area contributed by atoms with Gasteiger partial charge in [0.15, 0.2) is 0 Å². The summed E-state index contributed by atoms with van der Waals surface area (Å²) in [7, 11) is 0. The molecule has 1 heterocycles. The molecule has 0 aliphatic rings. The average Bonchev–Trinajstić information content (AvgIpc) is 2.37. The molecule has 0 spiro atoms. The molecule has 0 unspecified atom stereocenters. The van der Waals surface area contributed by atoms with E-state index < -0.39 is 0 Å². The number of rotatable bonds is 8. The standard InChI is InChI=1S/C14H21ClN2OS/c1-11-9-13(15)12(10-17-11)14(18)16-7-5-3-4-6-8-19-2/h9-10H,3-8H2,1-2H3,(H,16,18). The van der Waals surface area contributed by atoms with Crippen LogP contribution in [-0.2, 0) is 0 Å². The molecule has 1 N–H and O–H groups in total. The predicted molar refractivity (Wildman–Crippen MR) is 83.2 cm³/mol. The molecular formula is C14H21ClN2OS. The molecule has 0 aliphatic heterocycles. The van der Waals surface area contributed by atoms with Crippen molar-refractivity contribution in [2.24, 2.45) is 0 Å². The summed E-state index contributed by atoms with van der Waals surface area (Å²) in [5.74, 6) is 1.08. The summed E-state index contributed by atoms with van der Waals surface area (Å²) >= 11 is 7.90. The lowest BCUT2D eigenvalue weighted by Gasteiger charge is -2.07. The minimum Gasteiger partial charge on any atom is -0.352 e. The lowest BCUT2D eigenvalue weighted by Crippen LogP contribution is -2.25. The highest BCUT2D eigenvalue weighted by molar-refractivity contribution is 7.98. The Kier molecular flexibility index (Phi) is 7.91. The van der Waals surface area contributed by atoms with Gasteiger partial charge in [-0.25, -0.2) is 0 Å². The molecule has 0 aromatic carbocycles. The third kappa shape index (κ3) is 6.30. The number of hydrogen-bond donors (Lipinski definition) is 1. The number of amides is 1. The molecule has 0 atom stereocenters. The van der Waals surface area contributed by atoms with E-state index in [1.165, 1.54) is 24.8 Å². The first-order chi connectivity index (χ1) is 9.15. The fourth-order valence-corrected chi connectivity index (χ4v) is 2.50. The van der Waals surface area contributed by atoms with Crippen LogP contribution in [0, 0.1) is 6.92 Å². The summed E-state index contributed by atoms with van der Waals surface area (Å²) in [4.78, 5) is 16.0. The number of hydrogen-bond acceptors (Lipinski definition) is 3. The van der Waals surface area contributed by atoms with E-state index in [1.54, 1.807) is 6.07 Å². The third-order valence-corrected chi connectivity index (χ3v) is 3.81. The lowest BCUT2D eigenvalue weighted by molar-refractivity contribution is 0.0952. The summed E-state index contributed by atoms with van der Waals surface area (Å²) in [5.41, 5.74) is 1.27. The number of thioether (sulfide) groups is 1. The highest BCUT2D eigenvalue weighted by Gasteiger charge is 2.10. The van der Waals surface area contributed by atoms with E-state index in [0.717, 1.165) is 18.5 Å². The number of nitrogens with one attached hydrogen (secondary N) is 1. The van der Waals surface area contributed by atoms with Crippen molar-refractivity contribution in [1.82, 2.24) is 10.3 Å². The van der Waals surface area contributed by atoms with Crippen LogP contribution in [0.15, 0.2) is 12.3 Å². The number of nitrogens with zero attached hydrogens (tertiary/aromatic N) is 1. The second-order valence-corrected chi connectivity index (χ2v) is 5.86. The van der Waals surface area contributed by atoms with Crippen molar-refractivity contribution >= 4 is 29.3 Å². The second-order valence-electron chi connectivity index (χ2n) is 4.47. The smallest absolute Gasteiger partial charge is 0.254 e. The van der Waals surface area contributed by atoms with Crippen molar-refractivity contribution in [2.75, 3.05) is 18.6 Å². The molecule has 0 fully saturated rings. The molecule has 1 aromatic heterocycles. The lowest BCUT2D eigenvalue weighted by atomic mass is 10.2. The van der Waals surface area contributed by atoms with Gasteiger partial charge in [0.05, 0.1) is 10.6 Å². The van der Waals surface area contributed by atoms with Gasteiger partial charge in [0.2, 0.25) is 0 Å². The monoisotopic (exact) mass is 300 g/mol. The Balaban J connectivity index is 2.24. The summed E-state index contributed by atoms with van der Waals surface area (Å²) in [6, 6.07) is 1.71. The minimum absolute atomic E-state index is 0.137. The van der Waals surface area contributed by atoms with Gasteiger partial charge in [-0.15, -0.1) is 0 Å². The van der Waals surface area contributed by atoms with Crippen LogP contribution in [0.25, 0.3) is 0 Å². The van der Waals surface area contributed by atoms with Crippen LogP contribution in [-0.4, -0.2) is 29.4 Å². The van der Waals surface area contributed by atoms with Gasteiger partial charge in [0, 0.05) is 18.4 Å². The number of carbonyl (C=O) groups is 1. The number of aromatic nitrogens is 1. The van der Waals surface area contributed by atoms with E-state index in [4.69, 9.17) is 11.6 Å². The zero-order chi connectivity index (χ0) is 14.1. The van der Waals surface area contributed by atoms with Gasteiger partial charge in [-0.3, -0.25) is 9.78 Å². The van der Waals surface area contributed by atoms with E-state index in [0.29, 0.717) is 17.1 Å². The van der Waals surface area contributed by atoms with Crippen molar-refractivity contribution < 1.29 is 4.79 Å². The van der Waals surface area contributed by atoms with Crippen LogP contribution in [0.4, 0.5) is 0 Å². The van der Waals surface area contributed by atoms with E-state index in [-0.39, 0.29) is 5.91 Å². The largest absolute Gasteiger partial charge is 0.352 e. The number of aryl methyl sites for hydroxylation is 1. The fraction of sp³-hybridized carbons (Fsp3) is 0.571. The predicted octanol–water partition coefficient (Wildman–Crippen LogP) is 3.70. The molecule has 1 amide bonds. The summed E-state index contributed by atoms with van der Waals surface area (Å²) in [5, 5.41) is 3.34. The van der Waals surface area contributed by atoms with Crippen LogP contribution >= 0.6 is 23.4 Å². The van der Waals surface area contributed by atoms with E-state index in [2.05, 4.69) is 16.6 Å². The molecule has 0 saturated heterocycles. The zero-order valence-corrected chi connectivity index (χ0v) is 13.1. The van der Waals surface area contributed by atoms with Crippen molar-refractivity contribution in [3.05, 3.63) is 28.5 Å². The third-order valence-electron chi connectivity index (χ3n) is 2.80. The van der Waals surface area contributed by atoms with Crippen molar-refractivity contribution in [2.45, 2.75) is 32.6 Å². The molecule has 3 nitrogen and oxygen atoms in total. The average molecular weight is 301 g/mol. The first-order valence-electron chi connectivity index (χ1n) is 6.54. The Bertz CT molecular complexity index is 412. The van der Waals surface area contributed by atoms with Crippen LogP contribution in [0.1, 0.15) is 41.7 Å². The summed E-state index contributed by atoms with van der Waals surface area (Å²) < 4.78 is 0. The Morgan fingerprint density at radius 2 is 2.11 bits per heavy atom. The Hall–Kier alpha value is -0.740. The van der Waals surface area contributed by atoms with Gasteiger partial charge < -0.3 is 5.32 Å². The van der Waals surface area contributed by atoms with Gasteiger partial charge in [-0.05, 0) is 37.8 Å². The second kappa shape index (κ2) is 9.21. The summed E-state index contributed by atoms with van der Waals surface area (Å²) in [6.45, 7) is 2.55. The quantitative estimate of drug-likeness (QED) is 0.744. The molecule has 1 aromatic rings. The Labute approximate surface area is 124 Å². The molecule has 1 rings (SSSR count). The van der Waals surface area contributed by atoms with Crippen LogP contribution < -0.4 is 5.32 Å². The Morgan fingerprint density at radius 3 is 2.79 bits per heavy atom. The first-order valence-corrected chi connectivity index (χ1v) is 8.31. The topological polar surface area (TPSA) is 42.0 Å². The van der Waals surface area contributed by atoms with E-state index in [9.17, 15) is 4.79 Å². The van der Waals surface area contributed by atoms with Crippen LogP contribution in [0.5, 0.6) is 0 Å². The van der Waals surface area contributed by atoms with E-state index in [1.807, 2.05) is 18.7 Å². The number of unbranched alkanes of at least 4 members (excludes halogenated alkanes) is 3.